The molecule has 5 rings (SSSR count). The maximum Gasteiger partial charge on any atom is 0.331 e. The summed E-state index contributed by atoms with van der Waals surface area (Å²) in [5.41, 5.74) is 2.51. The van der Waals surface area contributed by atoms with Gasteiger partial charge in [-0.25, -0.2) is 19.7 Å². The fourth-order valence-electron chi connectivity index (χ4n) is 4.93. The Labute approximate surface area is 220 Å². The summed E-state index contributed by atoms with van der Waals surface area (Å²) < 4.78 is 5.19. The van der Waals surface area contributed by atoms with Crippen LogP contribution in [0.15, 0.2) is 47.8 Å². The third-order valence-electron chi connectivity index (χ3n) is 6.88. The highest BCUT2D eigenvalue weighted by Gasteiger charge is 2.52. The molecule has 0 unspecified atom stereocenters. The van der Waals surface area contributed by atoms with Crippen LogP contribution in [0.3, 0.4) is 0 Å². The summed E-state index contributed by atoms with van der Waals surface area (Å²) >= 11 is 6.29. The van der Waals surface area contributed by atoms with Crippen molar-refractivity contribution in [2.45, 2.75) is 37.8 Å². The molecule has 2 N–H and O–H groups in total. The lowest BCUT2D eigenvalue weighted by Gasteiger charge is -2.38. The number of amidine groups is 1. The molecule has 37 heavy (non-hydrogen) atoms. The van der Waals surface area contributed by atoms with Crippen LogP contribution in [0, 0.1) is 0 Å². The van der Waals surface area contributed by atoms with Gasteiger partial charge in [-0.2, -0.15) is 0 Å². The Morgan fingerprint density at radius 3 is 2.46 bits per heavy atom. The SMILES string of the molecule is COc1ccc(NC(=O)N2C(C(=O)NN3CCN(c4ncccc4Cl)CC3)=NOC23CCCCC3)cc1. The third-order valence-corrected chi connectivity index (χ3v) is 7.18. The fraction of sp³-hybridized carbons (Fsp3) is 0.440. The van der Waals surface area contributed by atoms with Crippen molar-refractivity contribution in [3.8, 4) is 5.75 Å². The van der Waals surface area contributed by atoms with Crippen molar-refractivity contribution < 1.29 is 19.2 Å². The summed E-state index contributed by atoms with van der Waals surface area (Å²) in [7, 11) is 1.58. The highest BCUT2D eigenvalue weighted by atomic mass is 35.5. The Morgan fingerprint density at radius 1 is 1.05 bits per heavy atom. The van der Waals surface area contributed by atoms with E-state index in [1.54, 1.807) is 43.6 Å². The van der Waals surface area contributed by atoms with E-state index in [1.165, 1.54) is 4.90 Å². The van der Waals surface area contributed by atoms with Crippen molar-refractivity contribution in [2.75, 3.05) is 43.5 Å². The standard InChI is InChI=1S/C25H30ClN7O4/c1-36-19-9-7-18(8-10-19)28-24(35)33-22(30-37-25(33)11-3-2-4-12-25)23(34)29-32-16-14-31(15-17-32)21-20(26)6-5-13-27-21/h5-10,13H,2-4,11-12,14-17H2,1H3,(H,28,35)(H,29,34). The van der Waals surface area contributed by atoms with Crippen LogP contribution in [0.2, 0.25) is 5.02 Å². The number of amides is 3. The largest absolute Gasteiger partial charge is 0.497 e. The Morgan fingerprint density at radius 2 is 1.78 bits per heavy atom. The first-order valence-corrected chi connectivity index (χ1v) is 12.8. The molecule has 3 amide bonds. The number of halogens is 1. The van der Waals surface area contributed by atoms with Gasteiger partial charge in [-0.1, -0.05) is 23.2 Å². The topological polar surface area (TPSA) is 112 Å². The van der Waals surface area contributed by atoms with E-state index in [4.69, 9.17) is 21.2 Å². The van der Waals surface area contributed by atoms with Crippen molar-refractivity contribution in [3.63, 3.8) is 0 Å². The van der Waals surface area contributed by atoms with Crippen LogP contribution in [0.5, 0.6) is 5.75 Å². The minimum atomic E-state index is -0.962. The molecule has 1 spiro atoms. The maximum atomic E-state index is 13.5. The number of aromatic nitrogens is 1. The number of urea groups is 1. The van der Waals surface area contributed by atoms with Gasteiger partial charge < -0.3 is 19.8 Å². The van der Waals surface area contributed by atoms with Crippen molar-refractivity contribution in [2.24, 2.45) is 5.16 Å². The number of hydrogen-bond donors (Lipinski definition) is 2. The summed E-state index contributed by atoms with van der Waals surface area (Å²) in [6.07, 6.45) is 5.73. The average Bonchev–Trinajstić information content (AvgIpc) is 3.28. The zero-order chi connectivity index (χ0) is 25.8. The van der Waals surface area contributed by atoms with Gasteiger partial charge in [0, 0.05) is 50.9 Å². The van der Waals surface area contributed by atoms with E-state index in [0.717, 1.165) is 25.1 Å². The number of piperazine rings is 1. The van der Waals surface area contributed by atoms with Gasteiger partial charge >= 0.3 is 11.9 Å². The lowest BCUT2D eigenvalue weighted by molar-refractivity contribution is -0.121. The van der Waals surface area contributed by atoms with Crippen molar-refractivity contribution in [3.05, 3.63) is 47.6 Å². The number of ether oxygens (including phenoxy) is 1. The smallest absolute Gasteiger partial charge is 0.331 e. The molecule has 1 aromatic carbocycles. The Balaban J connectivity index is 1.26. The Bertz CT molecular complexity index is 1160. The molecule has 1 saturated carbocycles. The number of methoxy groups -OCH3 is 1. The van der Waals surface area contributed by atoms with Crippen LogP contribution in [-0.4, -0.2) is 71.7 Å². The number of pyridine rings is 1. The highest BCUT2D eigenvalue weighted by molar-refractivity contribution is 6.41. The van der Waals surface area contributed by atoms with E-state index in [-0.39, 0.29) is 5.84 Å². The fourth-order valence-corrected chi connectivity index (χ4v) is 5.17. The van der Waals surface area contributed by atoms with Crippen molar-refractivity contribution >= 4 is 40.9 Å². The molecule has 2 aliphatic heterocycles. The molecule has 12 heteroatoms. The first-order chi connectivity index (χ1) is 18.0. The summed E-state index contributed by atoms with van der Waals surface area (Å²) in [6.45, 7) is 2.36. The molecular weight excluding hydrogens is 498 g/mol. The first-order valence-electron chi connectivity index (χ1n) is 12.4. The number of nitrogens with zero attached hydrogens (tertiary/aromatic N) is 5. The van der Waals surface area contributed by atoms with Gasteiger partial charge in [0.1, 0.15) is 11.6 Å². The van der Waals surface area contributed by atoms with E-state index in [1.807, 2.05) is 11.1 Å². The van der Waals surface area contributed by atoms with Gasteiger partial charge in [-0.3, -0.25) is 10.2 Å². The number of hydrazine groups is 1. The number of benzene rings is 1. The summed E-state index contributed by atoms with van der Waals surface area (Å²) in [5.74, 6) is 0.863. The van der Waals surface area contributed by atoms with Gasteiger partial charge in [-0.05, 0) is 49.2 Å². The lowest BCUT2D eigenvalue weighted by atomic mass is 9.90. The van der Waals surface area contributed by atoms with Gasteiger partial charge in [0.05, 0.1) is 12.1 Å². The number of oxime groups is 1. The molecule has 3 heterocycles. The van der Waals surface area contributed by atoms with Crippen LogP contribution in [-0.2, 0) is 9.63 Å². The summed E-state index contributed by atoms with van der Waals surface area (Å²) in [4.78, 5) is 40.5. The van der Waals surface area contributed by atoms with E-state index in [0.29, 0.717) is 55.5 Å². The predicted octanol–water partition coefficient (Wildman–Crippen LogP) is 3.44. The van der Waals surface area contributed by atoms with Crippen LogP contribution in [0.4, 0.5) is 16.3 Å². The molecular formula is C25H30ClN7O4. The van der Waals surface area contributed by atoms with Crippen molar-refractivity contribution in [1.82, 2.24) is 20.3 Å². The molecule has 3 aliphatic rings. The van der Waals surface area contributed by atoms with Crippen LogP contribution < -0.4 is 20.4 Å². The zero-order valence-electron chi connectivity index (χ0n) is 20.7. The summed E-state index contributed by atoms with van der Waals surface area (Å²) in [6, 6.07) is 10.1. The zero-order valence-corrected chi connectivity index (χ0v) is 21.4. The highest BCUT2D eigenvalue weighted by Crippen LogP contribution is 2.39. The number of nitrogens with one attached hydrogen (secondary N) is 2. The molecule has 11 nitrogen and oxygen atoms in total. The molecule has 0 bridgehead atoms. The van der Waals surface area contributed by atoms with Gasteiger partial charge in [0.2, 0.25) is 11.6 Å². The van der Waals surface area contributed by atoms with Gasteiger partial charge in [0.25, 0.3) is 0 Å². The number of carbonyl (C=O) groups excluding carboxylic acids is 2. The Kier molecular flexibility index (Phi) is 7.33. The Hall–Kier alpha value is -3.57. The molecule has 1 saturated heterocycles. The normalized spacial score (nSPS) is 19.2. The monoisotopic (exact) mass is 527 g/mol. The minimum absolute atomic E-state index is 0.0527. The molecule has 2 fully saturated rings. The second-order valence-electron chi connectivity index (χ2n) is 9.23. The van der Waals surface area contributed by atoms with Gasteiger partial charge in [0.15, 0.2) is 0 Å². The van der Waals surface area contributed by atoms with Gasteiger partial charge in [-0.15, -0.1) is 0 Å². The number of rotatable bonds is 5. The summed E-state index contributed by atoms with van der Waals surface area (Å²) in [5, 5.41) is 9.38. The maximum absolute atomic E-state index is 13.5. The lowest BCUT2D eigenvalue weighted by Crippen LogP contribution is -2.60. The van der Waals surface area contributed by atoms with E-state index < -0.39 is 17.7 Å². The molecule has 1 aliphatic carbocycles. The molecule has 196 valence electrons. The van der Waals surface area contributed by atoms with E-state index in [9.17, 15) is 9.59 Å². The quantitative estimate of drug-likeness (QED) is 0.612. The molecule has 1 aromatic heterocycles. The van der Waals surface area contributed by atoms with E-state index >= 15 is 0 Å². The average molecular weight is 528 g/mol. The molecule has 0 atom stereocenters. The second-order valence-corrected chi connectivity index (χ2v) is 9.64. The van der Waals surface area contributed by atoms with Crippen LogP contribution in [0.25, 0.3) is 0 Å². The minimum Gasteiger partial charge on any atom is -0.497 e. The van der Waals surface area contributed by atoms with Crippen molar-refractivity contribution in [1.29, 1.82) is 0 Å². The number of anilines is 2. The van der Waals surface area contributed by atoms with E-state index in [2.05, 4.69) is 25.8 Å². The van der Waals surface area contributed by atoms with Crippen LogP contribution in [0.1, 0.15) is 32.1 Å². The third kappa shape index (κ3) is 5.28. The van der Waals surface area contributed by atoms with Crippen LogP contribution >= 0.6 is 11.6 Å². The molecule has 0 radical (unpaired) electrons. The number of carbonyl (C=O) groups is 2. The second kappa shape index (κ2) is 10.8. The predicted molar refractivity (Wildman–Crippen MR) is 139 cm³/mol. The molecule has 2 aromatic rings. The first kappa shape index (κ1) is 25.1. The number of hydrogen-bond acceptors (Lipinski definition) is 8.